The zero-order valence-electron chi connectivity index (χ0n) is 8.57. The smallest absolute Gasteiger partial charge is 0.140 e. The summed E-state index contributed by atoms with van der Waals surface area (Å²) in [6, 6.07) is 0.218. The highest BCUT2D eigenvalue weighted by Gasteiger charge is 2.16. The molecule has 1 saturated heterocycles. The van der Waals surface area contributed by atoms with Crippen LogP contribution in [0.1, 0.15) is 26.2 Å². The van der Waals surface area contributed by atoms with Crippen LogP contribution in [0.25, 0.3) is 0 Å². The molecule has 0 amide bonds. The Labute approximate surface area is 84.3 Å². The maximum atomic E-state index is 8.37. The number of nitrogens with zero attached hydrogens (tertiary/aromatic N) is 1. The third-order valence-electron chi connectivity index (χ3n) is 2.36. The van der Waals surface area contributed by atoms with Gasteiger partial charge in [0.1, 0.15) is 5.84 Å². The van der Waals surface area contributed by atoms with E-state index in [-0.39, 0.29) is 11.9 Å². The van der Waals surface area contributed by atoms with E-state index in [2.05, 4.69) is 10.5 Å². The summed E-state index contributed by atoms with van der Waals surface area (Å²) in [5.74, 6) is 0.261. The second kappa shape index (κ2) is 5.82. The van der Waals surface area contributed by atoms with Gasteiger partial charge < -0.3 is 21.0 Å². The number of hydrogen-bond acceptors (Lipinski definition) is 4. The molecule has 0 aromatic rings. The second-order valence-electron chi connectivity index (χ2n) is 3.74. The van der Waals surface area contributed by atoms with Gasteiger partial charge in [-0.15, -0.1) is 0 Å². The Morgan fingerprint density at radius 3 is 3.14 bits per heavy atom. The molecular formula is C9H19N3O2. The van der Waals surface area contributed by atoms with E-state index in [9.17, 15) is 0 Å². The third-order valence-corrected chi connectivity index (χ3v) is 2.36. The summed E-state index contributed by atoms with van der Waals surface area (Å²) in [7, 11) is 0. The lowest BCUT2D eigenvalue weighted by molar-refractivity contribution is 0.108. The van der Waals surface area contributed by atoms with Crippen LogP contribution in [0.5, 0.6) is 0 Å². The molecule has 5 nitrogen and oxygen atoms in total. The Morgan fingerprint density at radius 1 is 1.79 bits per heavy atom. The van der Waals surface area contributed by atoms with Gasteiger partial charge in [-0.05, 0) is 19.8 Å². The van der Waals surface area contributed by atoms with Crippen LogP contribution >= 0.6 is 0 Å². The number of nitrogens with one attached hydrogen (secondary N) is 1. The van der Waals surface area contributed by atoms with Gasteiger partial charge in [-0.2, -0.15) is 0 Å². The fourth-order valence-electron chi connectivity index (χ4n) is 1.56. The van der Waals surface area contributed by atoms with E-state index in [0.29, 0.717) is 12.5 Å². The number of rotatable bonds is 5. The predicted molar refractivity (Wildman–Crippen MR) is 54.5 cm³/mol. The fraction of sp³-hybridized carbons (Fsp3) is 0.889. The van der Waals surface area contributed by atoms with E-state index in [1.165, 1.54) is 0 Å². The molecule has 0 bridgehead atoms. The van der Waals surface area contributed by atoms with E-state index in [0.717, 1.165) is 26.0 Å². The summed E-state index contributed by atoms with van der Waals surface area (Å²) < 4.78 is 5.46. The molecule has 1 fully saturated rings. The van der Waals surface area contributed by atoms with Gasteiger partial charge in [-0.1, -0.05) is 5.16 Å². The van der Waals surface area contributed by atoms with Gasteiger partial charge in [0.25, 0.3) is 0 Å². The molecule has 0 aromatic heterocycles. The first-order chi connectivity index (χ1) is 6.72. The van der Waals surface area contributed by atoms with Gasteiger partial charge in [0.15, 0.2) is 0 Å². The van der Waals surface area contributed by atoms with Crippen LogP contribution in [0.3, 0.4) is 0 Å². The largest absolute Gasteiger partial charge is 0.409 e. The Bertz CT molecular complexity index is 190. The van der Waals surface area contributed by atoms with Crippen molar-refractivity contribution in [2.45, 2.75) is 38.3 Å². The number of ether oxygens (including phenoxy) is 1. The van der Waals surface area contributed by atoms with Gasteiger partial charge in [0, 0.05) is 25.6 Å². The van der Waals surface area contributed by atoms with Gasteiger partial charge in [-0.25, -0.2) is 0 Å². The molecule has 5 heteroatoms. The molecule has 0 radical (unpaired) electrons. The van der Waals surface area contributed by atoms with Crippen molar-refractivity contribution in [2.75, 3.05) is 13.2 Å². The van der Waals surface area contributed by atoms with Crippen LogP contribution in [0, 0.1) is 0 Å². The van der Waals surface area contributed by atoms with Gasteiger partial charge in [-0.3, -0.25) is 0 Å². The Balaban J connectivity index is 2.10. The summed E-state index contributed by atoms with van der Waals surface area (Å²) in [5, 5.41) is 14.6. The highest BCUT2D eigenvalue weighted by atomic mass is 16.5. The standard InChI is InChI=1S/C9H19N3O2/c1-7(5-9(10)12-13)11-6-8-3-2-4-14-8/h7-8,11,13H,2-6H2,1H3,(H2,10,12). The molecule has 1 aliphatic heterocycles. The van der Waals surface area contributed by atoms with Gasteiger partial charge in [0.2, 0.25) is 0 Å². The lowest BCUT2D eigenvalue weighted by Gasteiger charge is -2.16. The Hall–Kier alpha value is -0.810. The monoisotopic (exact) mass is 201 g/mol. The number of nitrogens with two attached hydrogens (primary N) is 1. The van der Waals surface area contributed by atoms with Crippen LogP contribution in [0.2, 0.25) is 0 Å². The van der Waals surface area contributed by atoms with Crippen molar-refractivity contribution in [1.29, 1.82) is 0 Å². The molecule has 0 spiro atoms. The molecule has 1 heterocycles. The molecule has 4 N–H and O–H groups in total. The number of oxime groups is 1. The SMILES string of the molecule is CC(CC(N)=NO)NCC1CCCO1. The van der Waals surface area contributed by atoms with Crippen LogP contribution in [0.4, 0.5) is 0 Å². The number of amidine groups is 1. The van der Waals surface area contributed by atoms with E-state index in [4.69, 9.17) is 15.7 Å². The van der Waals surface area contributed by atoms with Crippen LogP contribution in [-0.4, -0.2) is 36.3 Å². The van der Waals surface area contributed by atoms with Crippen LogP contribution in [0.15, 0.2) is 5.16 Å². The maximum absolute atomic E-state index is 8.37. The first-order valence-corrected chi connectivity index (χ1v) is 5.03. The Kier molecular flexibility index (Phi) is 4.69. The molecule has 0 aromatic carbocycles. The quantitative estimate of drug-likeness (QED) is 0.258. The molecule has 82 valence electrons. The first-order valence-electron chi connectivity index (χ1n) is 5.03. The average molecular weight is 201 g/mol. The van der Waals surface area contributed by atoms with Crippen molar-refractivity contribution in [1.82, 2.24) is 5.32 Å². The van der Waals surface area contributed by atoms with Crippen molar-refractivity contribution in [2.24, 2.45) is 10.9 Å². The summed E-state index contributed by atoms with van der Waals surface area (Å²) in [6.45, 7) is 3.73. The van der Waals surface area contributed by atoms with Crippen molar-refractivity contribution in [3.63, 3.8) is 0 Å². The van der Waals surface area contributed by atoms with E-state index < -0.39 is 0 Å². The lowest BCUT2D eigenvalue weighted by Crippen LogP contribution is -2.36. The van der Waals surface area contributed by atoms with Crippen molar-refractivity contribution < 1.29 is 9.94 Å². The topological polar surface area (TPSA) is 79.9 Å². The van der Waals surface area contributed by atoms with Crippen molar-refractivity contribution in [3.05, 3.63) is 0 Å². The highest BCUT2D eigenvalue weighted by molar-refractivity contribution is 5.80. The van der Waals surface area contributed by atoms with Crippen molar-refractivity contribution >= 4 is 5.84 Å². The molecule has 2 unspecified atom stereocenters. The van der Waals surface area contributed by atoms with Crippen LogP contribution < -0.4 is 11.1 Å². The number of hydrogen-bond donors (Lipinski definition) is 3. The summed E-state index contributed by atoms with van der Waals surface area (Å²) in [4.78, 5) is 0. The van der Waals surface area contributed by atoms with Gasteiger partial charge >= 0.3 is 0 Å². The molecule has 0 saturated carbocycles. The molecule has 14 heavy (non-hydrogen) atoms. The summed E-state index contributed by atoms with van der Waals surface area (Å²) >= 11 is 0. The normalized spacial score (nSPS) is 25.2. The predicted octanol–water partition coefficient (Wildman–Crippen LogP) is 0.280. The minimum Gasteiger partial charge on any atom is -0.409 e. The zero-order chi connectivity index (χ0) is 10.4. The lowest BCUT2D eigenvalue weighted by atomic mass is 10.2. The maximum Gasteiger partial charge on any atom is 0.140 e. The average Bonchev–Trinajstić information content (AvgIpc) is 2.67. The van der Waals surface area contributed by atoms with Crippen LogP contribution in [-0.2, 0) is 4.74 Å². The van der Waals surface area contributed by atoms with Gasteiger partial charge in [0.05, 0.1) is 6.10 Å². The fourth-order valence-corrected chi connectivity index (χ4v) is 1.56. The molecule has 2 atom stereocenters. The molecule has 0 aliphatic carbocycles. The molecule has 1 rings (SSSR count). The third kappa shape index (κ3) is 3.93. The highest BCUT2D eigenvalue weighted by Crippen LogP contribution is 2.10. The second-order valence-corrected chi connectivity index (χ2v) is 3.74. The molecule has 1 aliphatic rings. The van der Waals surface area contributed by atoms with E-state index in [1.54, 1.807) is 0 Å². The zero-order valence-corrected chi connectivity index (χ0v) is 8.57. The first kappa shape index (κ1) is 11.3. The summed E-state index contributed by atoms with van der Waals surface area (Å²) in [5.41, 5.74) is 5.39. The minimum atomic E-state index is 0.218. The molecular weight excluding hydrogens is 182 g/mol. The van der Waals surface area contributed by atoms with E-state index >= 15 is 0 Å². The summed E-state index contributed by atoms with van der Waals surface area (Å²) in [6.07, 6.45) is 3.18. The minimum absolute atomic E-state index is 0.218. The van der Waals surface area contributed by atoms with E-state index in [1.807, 2.05) is 6.92 Å². The Morgan fingerprint density at radius 2 is 2.57 bits per heavy atom. The van der Waals surface area contributed by atoms with Crippen molar-refractivity contribution in [3.8, 4) is 0 Å².